The number of anilines is 1. The highest BCUT2D eigenvalue weighted by Gasteiger charge is 2.22. The predicted octanol–water partition coefficient (Wildman–Crippen LogP) is -1.18. The zero-order valence-electron chi connectivity index (χ0n) is 8.54. The molecule has 0 saturated heterocycles. The standard InChI is InChI=1S/C8H12N4O3S/c1-5(8(10)13)12-16(14,15)6-3-2-4-11-7(6)9/h2-5,12H,1H3,(H2,9,11)(H2,10,13). The van der Waals surface area contributed by atoms with Gasteiger partial charge in [0.25, 0.3) is 0 Å². The molecule has 0 aliphatic rings. The topological polar surface area (TPSA) is 128 Å². The summed E-state index contributed by atoms with van der Waals surface area (Å²) in [6.45, 7) is 1.34. The maximum atomic E-state index is 11.7. The third-order valence-electron chi connectivity index (χ3n) is 1.85. The first-order valence-electron chi connectivity index (χ1n) is 4.36. The number of primary amides is 1. The first kappa shape index (κ1) is 12.4. The van der Waals surface area contributed by atoms with Crippen molar-refractivity contribution in [2.45, 2.75) is 17.9 Å². The molecule has 0 aliphatic heterocycles. The van der Waals surface area contributed by atoms with Gasteiger partial charge in [-0.15, -0.1) is 0 Å². The van der Waals surface area contributed by atoms with E-state index in [2.05, 4.69) is 9.71 Å². The van der Waals surface area contributed by atoms with E-state index in [4.69, 9.17) is 11.5 Å². The van der Waals surface area contributed by atoms with Gasteiger partial charge in [0.2, 0.25) is 15.9 Å². The highest BCUT2D eigenvalue weighted by atomic mass is 32.2. The van der Waals surface area contributed by atoms with E-state index < -0.39 is 22.0 Å². The third-order valence-corrected chi connectivity index (χ3v) is 3.44. The number of nitrogen functional groups attached to an aromatic ring is 1. The molecule has 0 radical (unpaired) electrons. The minimum atomic E-state index is -3.87. The summed E-state index contributed by atoms with van der Waals surface area (Å²) in [7, 11) is -3.87. The van der Waals surface area contributed by atoms with Gasteiger partial charge in [-0.3, -0.25) is 4.79 Å². The fraction of sp³-hybridized carbons (Fsp3) is 0.250. The fourth-order valence-corrected chi connectivity index (χ4v) is 2.28. The first-order valence-corrected chi connectivity index (χ1v) is 5.85. The smallest absolute Gasteiger partial charge is 0.244 e. The Bertz CT molecular complexity index is 500. The van der Waals surface area contributed by atoms with Crippen LogP contribution in [0.5, 0.6) is 0 Å². The zero-order valence-corrected chi connectivity index (χ0v) is 9.36. The van der Waals surface area contributed by atoms with Crippen LogP contribution in [0.1, 0.15) is 6.92 Å². The lowest BCUT2D eigenvalue weighted by atomic mass is 10.4. The van der Waals surface area contributed by atoms with Crippen molar-refractivity contribution in [2.75, 3.05) is 5.73 Å². The highest BCUT2D eigenvalue weighted by molar-refractivity contribution is 7.89. The van der Waals surface area contributed by atoms with E-state index in [1.165, 1.54) is 25.3 Å². The van der Waals surface area contributed by atoms with Gasteiger partial charge in [-0.1, -0.05) is 0 Å². The molecule has 88 valence electrons. The number of rotatable bonds is 4. The number of aromatic nitrogens is 1. The van der Waals surface area contributed by atoms with Crippen molar-refractivity contribution in [1.29, 1.82) is 0 Å². The largest absolute Gasteiger partial charge is 0.383 e. The highest BCUT2D eigenvalue weighted by Crippen LogP contribution is 2.14. The summed E-state index contributed by atoms with van der Waals surface area (Å²) < 4.78 is 25.5. The normalized spacial score (nSPS) is 13.3. The van der Waals surface area contributed by atoms with E-state index >= 15 is 0 Å². The van der Waals surface area contributed by atoms with Crippen LogP contribution in [0.25, 0.3) is 0 Å². The van der Waals surface area contributed by atoms with Gasteiger partial charge in [0, 0.05) is 6.20 Å². The van der Waals surface area contributed by atoms with Crippen LogP contribution in [0.2, 0.25) is 0 Å². The number of nitrogens with one attached hydrogen (secondary N) is 1. The summed E-state index contributed by atoms with van der Waals surface area (Å²) in [6.07, 6.45) is 1.37. The van der Waals surface area contributed by atoms with Crippen LogP contribution in [-0.4, -0.2) is 25.4 Å². The van der Waals surface area contributed by atoms with Crippen molar-refractivity contribution in [1.82, 2.24) is 9.71 Å². The van der Waals surface area contributed by atoms with Crippen molar-refractivity contribution in [2.24, 2.45) is 5.73 Å². The molecule has 0 spiro atoms. The second kappa shape index (κ2) is 4.45. The summed E-state index contributed by atoms with van der Waals surface area (Å²) >= 11 is 0. The summed E-state index contributed by atoms with van der Waals surface area (Å²) in [4.78, 5) is 14.2. The molecule has 7 nitrogen and oxygen atoms in total. The van der Waals surface area contributed by atoms with Gasteiger partial charge in [-0.25, -0.2) is 13.4 Å². The number of pyridine rings is 1. The van der Waals surface area contributed by atoms with Crippen molar-refractivity contribution < 1.29 is 13.2 Å². The molecular weight excluding hydrogens is 232 g/mol. The van der Waals surface area contributed by atoms with Gasteiger partial charge >= 0.3 is 0 Å². The summed E-state index contributed by atoms with van der Waals surface area (Å²) in [6, 6.07) is 1.71. The molecule has 0 aromatic carbocycles. The number of hydrogen-bond acceptors (Lipinski definition) is 5. The molecule has 0 saturated carbocycles. The van der Waals surface area contributed by atoms with Gasteiger partial charge < -0.3 is 11.5 Å². The Labute approximate surface area is 92.9 Å². The molecule has 1 atom stereocenters. The monoisotopic (exact) mass is 244 g/mol. The Kier molecular flexibility index (Phi) is 3.45. The molecule has 8 heteroatoms. The van der Waals surface area contributed by atoms with E-state index in [-0.39, 0.29) is 10.7 Å². The molecular formula is C8H12N4O3S. The minimum absolute atomic E-state index is 0.133. The van der Waals surface area contributed by atoms with Gasteiger partial charge in [-0.05, 0) is 19.1 Å². The van der Waals surface area contributed by atoms with Crippen LogP contribution in [0.4, 0.5) is 5.82 Å². The summed E-state index contributed by atoms with van der Waals surface area (Å²) in [5, 5.41) is 0. The van der Waals surface area contributed by atoms with Gasteiger partial charge in [0.15, 0.2) is 0 Å². The molecule has 1 aromatic rings. The fourth-order valence-electron chi connectivity index (χ4n) is 0.984. The Morgan fingerprint density at radius 1 is 1.56 bits per heavy atom. The summed E-state index contributed by atoms with van der Waals surface area (Å²) in [5.41, 5.74) is 10.4. The number of sulfonamides is 1. The zero-order chi connectivity index (χ0) is 12.3. The number of amides is 1. The molecule has 5 N–H and O–H groups in total. The minimum Gasteiger partial charge on any atom is -0.383 e. The van der Waals surface area contributed by atoms with Gasteiger partial charge in [0.1, 0.15) is 10.7 Å². The first-order chi connectivity index (χ1) is 7.34. The van der Waals surface area contributed by atoms with Crippen LogP contribution in [0.15, 0.2) is 23.2 Å². The van der Waals surface area contributed by atoms with Crippen molar-refractivity contribution in [3.05, 3.63) is 18.3 Å². The Morgan fingerprint density at radius 3 is 2.69 bits per heavy atom. The Morgan fingerprint density at radius 2 is 2.19 bits per heavy atom. The molecule has 16 heavy (non-hydrogen) atoms. The van der Waals surface area contributed by atoms with E-state index in [1.54, 1.807) is 0 Å². The second-order valence-electron chi connectivity index (χ2n) is 3.13. The van der Waals surface area contributed by atoms with Crippen LogP contribution in [-0.2, 0) is 14.8 Å². The van der Waals surface area contributed by atoms with Crippen LogP contribution >= 0.6 is 0 Å². The quantitative estimate of drug-likeness (QED) is 0.613. The van der Waals surface area contributed by atoms with Crippen molar-refractivity contribution in [3.63, 3.8) is 0 Å². The molecule has 0 aliphatic carbocycles. The second-order valence-corrected chi connectivity index (χ2v) is 4.81. The molecule has 0 bridgehead atoms. The number of nitrogens with two attached hydrogens (primary N) is 2. The van der Waals surface area contributed by atoms with E-state index in [0.717, 1.165) is 0 Å². The Hall–Kier alpha value is -1.67. The number of hydrogen-bond donors (Lipinski definition) is 3. The SMILES string of the molecule is CC(NS(=O)(=O)c1cccnc1N)C(N)=O. The average molecular weight is 244 g/mol. The Balaban J connectivity index is 3.04. The number of carbonyl (C=O) groups is 1. The van der Waals surface area contributed by atoms with Crippen LogP contribution in [0.3, 0.4) is 0 Å². The summed E-state index contributed by atoms with van der Waals surface area (Å²) in [5.74, 6) is -0.905. The van der Waals surface area contributed by atoms with E-state index in [9.17, 15) is 13.2 Å². The van der Waals surface area contributed by atoms with Gasteiger partial charge in [-0.2, -0.15) is 4.72 Å². The predicted molar refractivity (Wildman–Crippen MR) is 57.6 cm³/mol. The lowest BCUT2D eigenvalue weighted by Gasteiger charge is -2.11. The van der Waals surface area contributed by atoms with Crippen molar-refractivity contribution >= 4 is 21.7 Å². The average Bonchev–Trinajstić information content (AvgIpc) is 2.17. The van der Waals surface area contributed by atoms with Crippen LogP contribution in [0, 0.1) is 0 Å². The molecule has 1 rings (SSSR count). The third kappa shape index (κ3) is 2.67. The maximum absolute atomic E-state index is 11.7. The van der Waals surface area contributed by atoms with Crippen molar-refractivity contribution in [3.8, 4) is 0 Å². The maximum Gasteiger partial charge on any atom is 0.244 e. The lowest BCUT2D eigenvalue weighted by molar-refractivity contribution is -0.119. The molecule has 1 unspecified atom stereocenters. The van der Waals surface area contributed by atoms with Gasteiger partial charge in [0.05, 0.1) is 6.04 Å². The lowest BCUT2D eigenvalue weighted by Crippen LogP contribution is -2.42. The molecule has 1 heterocycles. The van der Waals surface area contributed by atoms with E-state index in [0.29, 0.717) is 0 Å². The van der Waals surface area contributed by atoms with E-state index in [1.807, 2.05) is 0 Å². The molecule has 1 aromatic heterocycles. The molecule has 0 fully saturated rings. The van der Waals surface area contributed by atoms with Crippen LogP contribution < -0.4 is 16.2 Å². The number of carbonyl (C=O) groups excluding carboxylic acids is 1. The molecule has 1 amide bonds. The number of nitrogens with zero attached hydrogens (tertiary/aromatic N) is 1.